The van der Waals surface area contributed by atoms with E-state index in [0.717, 1.165) is 29.7 Å². The summed E-state index contributed by atoms with van der Waals surface area (Å²) in [6.07, 6.45) is 2.65. The summed E-state index contributed by atoms with van der Waals surface area (Å²) < 4.78 is 27.8. The molecule has 4 rings (SSSR count). The van der Waals surface area contributed by atoms with E-state index in [0.29, 0.717) is 24.2 Å². The van der Waals surface area contributed by atoms with Crippen molar-refractivity contribution >= 4 is 33.6 Å². The van der Waals surface area contributed by atoms with Crippen LogP contribution in [-0.4, -0.2) is 55.1 Å². The lowest BCUT2D eigenvalue weighted by Crippen LogP contribution is -2.42. The van der Waals surface area contributed by atoms with Crippen molar-refractivity contribution < 1.29 is 22.8 Å². The van der Waals surface area contributed by atoms with Crippen LogP contribution in [0.2, 0.25) is 0 Å². The third-order valence-electron chi connectivity index (χ3n) is 6.61. The Hall–Kier alpha value is -3.24. The molecule has 0 aliphatic carbocycles. The lowest BCUT2D eigenvalue weighted by Gasteiger charge is -2.26. The van der Waals surface area contributed by atoms with Crippen LogP contribution < -0.4 is 10.6 Å². The Bertz CT molecular complexity index is 1270. The first-order chi connectivity index (χ1) is 16.5. The van der Waals surface area contributed by atoms with E-state index in [4.69, 9.17) is 0 Å². The number of anilines is 1. The highest BCUT2D eigenvalue weighted by atomic mass is 32.2. The lowest BCUT2D eigenvalue weighted by molar-refractivity contribution is -0.133. The number of nitrogens with zero attached hydrogens (tertiary/aromatic N) is 2. The van der Waals surface area contributed by atoms with E-state index in [-0.39, 0.29) is 10.6 Å². The number of hydrogen-bond acceptors (Lipinski definition) is 5. The van der Waals surface area contributed by atoms with E-state index in [1.807, 2.05) is 19.1 Å². The number of urea groups is 1. The minimum atomic E-state index is -3.69. The Kier molecular flexibility index (Phi) is 6.70. The molecule has 2 aromatic rings. The third kappa shape index (κ3) is 4.81. The van der Waals surface area contributed by atoms with Crippen LogP contribution in [0.3, 0.4) is 0 Å². The van der Waals surface area contributed by atoms with E-state index in [1.165, 1.54) is 10.4 Å². The third-order valence-corrected chi connectivity index (χ3v) is 8.65. The van der Waals surface area contributed by atoms with Gasteiger partial charge in [0.2, 0.25) is 15.9 Å². The molecule has 2 fully saturated rings. The average molecular weight is 499 g/mol. The fraction of sp³-hybridized carbons (Fsp3) is 0.400. The molecule has 0 aromatic heterocycles. The Morgan fingerprint density at radius 2 is 1.69 bits per heavy atom. The molecule has 2 saturated heterocycles. The maximum absolute atomic E-state index is 13.1. The molecule has 2 aliphatic rings. The van der Waals surface area contributed by atoms with Gasteiger partial charge in [-0.05, 0) is 56.9 Å². The zero-order chi connectivity index (χ0) is 25.4. The van der Waals surface area contributed by atoms with E-state index in [2.05, 4.69) is 10.6 Å². The standard InChI is InChI=1S/C25H30N4O5S/c1-17-7-10-19(11-8-17)25(3)23(31)29(24(32)27-25)16-22(30)26-20-12-9-18(2)21(15-20)35(33,34)28-13-5-4-6-14-28/h7-12,15H,4-6,13-14,16H2,1-3H3,(H,26,30)(H,27,32)/t25-/m1/s1. The van der Waals surface area contributed by atoms with Crippen molar-refractivity contribution in [3.63, 3.8) is 0 Å². The summed E-state index contributed by atoms with van der Waals surface area (Å²) in [5.41, 5.74) is 1.23. The summed E-state index contributed by atoms with van der Waals surface area (Å²) in [7, 11) is -3.69. The number of nitrogens with one attached hydrogen (secondary N) is 2. The number of rotatable bonds is 6. The van der Waals surface area contributed by atoms with Gasteiger partial charge in [-0.1, -0.05) is 42.3 Å². The largest absolute Gasteiger partial charge is 0.325 e. The molecule has 0 spiro atoms. The maximum atomic E-state index is 13.1. The minimum absolute atomic E-state index is 0.138. The van der Waals surface area contributed by atoms with Gasteiger partial charge < -0.3 is 10.6 Å². The van der Waals surface area contributed by atoms with Gasteiger partial charge in [0.15, 0.2) is 0 Å². The van der Waals surface area contributed by atoms with Crippen molar-refractivity contribution in [1.29, 1.82) is 0 Å². The topological polar surface area (TPSA) is 116 Å². The van der Waals surface area contributed by atoms with Crippen molar-refractivity contribution in [2.24, 2.45) is 0 Å². The second-order valence-corrected chi connectivity index (χ2v) is 11.2. The molecule has 10 heteroatoms. The van der Waals surface area contributed by atoms with Crippen molar-refractivity contribution in [2.75, 3.05) is 25.0 Å². The Labute approximate surface area is 205 Å². The van der Waals surface area contributed by atoms with Gasteiger partial charge in [0.1, 0.15) is 12.1 Å². The van der Waals surface area contributed by atoms with Gasteiger partial charge in [0.25, 0.3) is 5.91 Å². The highest BCUT2D eigenvalue weighted by Gasteiger charge is 2.49. The van der Waals surface area contributed by atoms with E-state index < -0.39 is 40.0 Å². The number of carbonyl (C=O) groups excluding carboxylic acids is 3. The summed E-state index contributed by atoms with van der Waals surface area (Å²) in [6.45, 7) is 5.70. The molecule has 186 valence electrons. The fourth-order valence-corrected chi connectivity index (χ4v) is 6.24. The minimum Gasteiger partial charge on any atom is -0.324 e. The highest BCUT2D eigenvalue weighted by Crippen LogP contribution is 2.29. The number of sulfonamides is 1. The Balaban J connectivity index is 1.49. The smallest absolute Gasteiger partial charge is 0.324 e. The first-order valence-electron chi connectivity index (χ1n) is 11.6. The molecule has 2 N–H and O–H groups in total. The van der Waals surface area contributed by atoms with Gasteiger partial charge in [0, 0.05) is 18.8 Å². The number of amides is 4. The van der Waals surface area contributed by atoms with Crippen molar-refractivity contribution in [1.82, 2.24) is 14.5 Å². The molecule has 2 aliphatic heterocycles. The van der Waals surface area contributed by atoms with Gasteiger partial charge in [-0.2, -0.15) is 4.31 Å². The van der Waals surface area contributed by atoms with Crippen LogP contribution in [-0.2, 0) is 25.2 Å². The first-order valence-corrected chi connectivity index (χ1v) is 13.1. The van der Waals surface area contributed by atoms with E-state index in [9.17, 15) is 22.8 Å². The highest BCUT2D eigenvalue weighted by molar-refractivity contribution is 7.89. The summed E-state index contributed by atoms with van der Waals surface area (Å²) in [5.74, 6) is -1.13. The molecular weight excluding hydrogens is 468 g/mol. The molecule has 35 heavy (non-hydrogen) atoms. The van der Waals surface area contributed by atoms with Crippen molar-refractivity contribution in [2.45, 2.75) is 50.5 Å². The quantitative estimate of drug-likeness (QED) is 0.594. The molecule has 2 heterocycles. The summed E-state index contributed by atoms with van der Waals surface area (Å²) in [5, 5.41) is 5.31. The molecule has 2 aromatic carbocycles. The maximum Gasteiger partial charge on any atom is 0.325 e. The summed E-state index contributed by atoms with van der Waals surface area (Å²) in [4.78, 5) is 39.4. The molecule has 0 unspecified atom stereocenters. The van der Waals surface area contributed by atoms with Crippen LogP contribution in [0, 0.1) is 13.8 Å². The number of hydrogen-bond donors (Lipinski definition) is 2. The van der Waals surface area contributed by atoms with E-state index >= 15 is 0 Å². The molecule has 0 radical (unpaired) electrons. The van der Waals surface area contributed by atoms with Crippen LogP contribution in [0.25, 0.3) is 0 Å². The number of imide groups is 1. The normalized spacial score (nSPS) is 21.2. The molecule has 4 amide bonds. The van der Waals surface area contributed by atoms with Crippen LogP contribution in [0.1, 0.15) is 42.9 Å². The van der Waals surface area contributed by atoms with Crippen molar-refractivity contribution in [3.8, 4) is 0 Å². The predicted molar refractivity (Wildman–Crippen MR) is 131 cm³/mol. The van der Waals surface area contributed by atoms with Crippen molar-refractivity contribution in [3.05, 3.63) is 59.2 Å². The lowest BCUT2D eigenvalue weighted by atomic mass is 9.91. The Morgan fingerprint density at radius 3 is 2.34 bits per heavy atom. The van der Waals surface area contributed by atoms with E-state index in [1.54, 1.807) is 38.1 Å². The molecule has 0 saturated carbocycles. The average Bonchev–Trinajstić information content (AvgIpc) is 3.05. The monoisotopic (exact) mass is 498 g/mol. The van der Waals surface area contributed by atoms with Crippen LogP contribution >= 0.6 is 0 Å². The van der Waals surface area contributed by atoms with Gasteiger partial charge >= 0.3 is 6.03 Å². The van der Waals surface area contributed by atoms with Crippen LogP contribution in [0.5, 0.6) is 0 Å². The summed E-state index contributed by atoms with van der Waals surface area (Å²) >= 11 is 0. The fourth-order valence-electron chi connectivity index (χ4n) is 4.47. The molecule has 0 bridgehead atoms. The van der Waals surface area contributed by atoms with Gasteiger partial charge in [0.05, 0.1) is 4.90 Å². The van der Waals surface area contributed by atoms with Crippen LogP contribution in [0.15, 0.2) is 47.4 Å². The zero-order valence-electron chi connectivity index (χ0n) is 20.1. The van der Waals surface area contributed by atoms with Crippen LogP contribution in [0.4, 0.5) is 10.5 Å². The number of aryl methyl sites for hydroxylation is 2. The molecule has 9 nitrogen and oxygen atoms in total. The number of piperidine rings is 1. The zero-order valence-corrected chi connectivity index (χ0v) is 20.9. The van der Waals surface area contributed by atoms with Gasteiger partial charge in [-0.3, -0.25) is 14.5 Å². The predicted octanol–water partition coefficient (Wildman–Crippen LogP) is 2.88. The van der Waals surface area contributed by atoms with Gasteiger partial charge in [-0.25, -0.2) is 13.2 Å². The Morgan fingerprint density at radius 1 is 1.03 bits per heavy atom. The molecular formula is C25H30N4O5S. The molecule has 1 atom stereocenters. The number of carbonyl (C=O) groups is 3. The second-order valence-electron chi connectivity index (χ2n) is 9.31. The first kappa shape index (κ1) is 24.9. The summed E-state index contributed by atoms with van der Waals surface area (Å²) in [6, 6.07) is 11.2. The number of benzene rings is 2. The SMILES string of the molecule is Cc1ccc([C@@]2(C)NC(=O)N(CC(=O)Nc3ccc(C)c(S(=O)(=O)N4CCCCC4)c3)C2=O)cc1. The second kappa shape index (κ2) is 9.43. The van der Waals surface area contributed by atoms with Gasteiger partial charge in [-0.15, -0.1) is 0 Å².